The summed E-state index contributed by atoms with van der Waals surface area (Å²) in [6, 6.07) is 3.86. The molecule has 0 aliphatic carbocycles. The number of aromatic nitrogens is 1. The predicted molar refractivity (Wildman–Crippen MR) is 66.2 cm³/mol. The van der Waals surface area contributed by atoms with Crippen LogP contribution in [0, 0.1) is 17.5 Å². The molecule has 0 fully saturated rings. The van der Waals surface area contributed by atoms with Crippen molar-refractivity contribution in [1.82, 2.24) is 4.98 Å². The maximum absolute atomic E-state index is 13.0. The van der Waals surface area contributed by atoms with E-state index >= 15 is 0 Å². The van der Waals surface area contributed by atoms with E-state index in [4.69, 9.17) is 0 Å². The lowest BCUT2D eigenvalue weighted by molar-refractivity contribution is 0.102. The van der Waals surface area contributed by atoms with Crippen molar-refractivity contribution >= 4 is 27.7 Å². The van der Waals surface area contributed by atoms with Crippen molar-refractivity contribution in [1.29, 1.82) is 0 Å². The Hall–Kier alpha value is -1.89. The number of hydrogen-bond acceptors (Lipinski definition) is 2. The summed E-state index contributed by atoms with van der Waals surface area (Å²) in [6.07, 6.45) is 0.922. The number of anilines is 1. The highest BCUT2D eigenvalue weighted by Gasteiger charge is 2.12. The molecule has 1 heterocycles. The van der Waals surface area contributed by atoms with Crippen LogP contribution in [0.1, 0.15) is 10.4 Å². The molecule has 2 aromatic rings. The minimum atomic E-state index is -1.13. The molecule has 1 N–H and O–H groups in total. The number of carbonyl (C=O) groups excluding carboxylic acids is 1. The van der Waals surface area contributed by atoms with Crippen LogP contribution in [0.3, 0.4) is 0 Å². The quantitative estimate of drug-likeness (QED) is 0.915. The molecule has 98 valence electrons. The maximum Gasteiger partial charge on any atom is 0.256 e. The van der Waals surface area contributed by atoms with Crippen molar-refractivity contribution in [3.8, 4) is 0 Å². The molecule has 0 atom stereocenters. The van der Waals surface area contributed by atoms with Gasteiger partial charge in [-0.2, -0.15) is 0 Å². The van der Waals surface area contributed by atoms with E-state index in [1.165, 1.54) is 0 Å². The first-order valence-electron chi connectivity index (χ1n) is 5.05. The summed E-state index contributed by atoms with van der Waals surface area (Å²) in [5.74, 6) is -3.34. The van der Waals surface area contributed by atoms with Gasteiger partial charge in [-0.05, 0) is 40.2 Å². The summed E-state index contributed by atoms with van der Waals surface area (Å²) in [7, 11) is 0. The molecule has 0 saturated carbocycles. The second-order valence-corrected chi connectivity index (χ2v) is 4.42. The summed E-state index contributed by atoms with van der Waals surface area (Å²) in [6.45, 7) is 0. The van der Waals surface area contributed by atoms with Gasteiger partial charge in [-0.3, -0.25) is 4.79 Å². The van der Waals surface area contributed by atoms with Gasteiger partial charge in [-0.1, -0.05) is 0 Å². The molecule has 0 aliphatic heterocycles. The molecule has 7 heteroatoms. The molecular formula is C12H6BrF3N2O. The summed E-state index contributed by atoms with van der Waals surface area (Å²) < 4.78 is 38.8. The molecular weight excluding hydrogens is 325 g/mol. The van der Waals surface area contributed by atoms with E-state index in [1.54, 1.807) is 0 Å². The molecule has 0 radical (unpaired) electrons. The third kappa shape index (κ3) is 3.11. The third-order valence-corrected chi connectivity index (χ3v) is 2.83. The SMILES string of the molecule is O=C(Nc1ncc(F)cc1Br)c1ccc(F)c(F)c1. The zero-order valence-electron chi connectivity index (χ0n) is 9.25. The number of rotatable bonds is 2. The second-order valence-electron chi connectivity index (χ2n) is 3.57. The zero-order valence-corrected chi connectivity index (χ0v) is 10.8. The lowest BCUT2D eigenvalue weighted by Gasteiger charge is -2.06. The summed E-state index contributed by atoms with van der Waals surface area (Å²) >= 11 is 3.02. The Balaban J connectivity index is 2.23. The summed E-state index contributed by atoms with van der Waals surface area (Å²) in [5.41, 5.74) is -0.0723. The topological polar surface area (TPSA) is 42.0 Å². The molecule has 3 nitrogen and oxygen atoms in total. The number of carbonyl (C=O) groups is 1. The van der Waals surface area contributed by atoms with Gasteiger partial charge in [0.25, 0.3) is 5.91 Å². The highest BCUT2D eigenvalue weighted by atomic mass is 79.9. The minimum absolute atomic E-state index is 0.0723. The number of nitrogens with one attached hydrogen (secondary N) is 1. The highest BCUT2D eigenvalue weighted by molar-refractivity contribution is 9.10. The van der Waals surface area contributed by atoms with Crippen molar-refractivity contribution in [3.63, 3.8) is 0 Å². The van der Waals surface area contributed by atoms with Crippen molar-refractivity contribution in [2.75, 3.05) is 5.32 Å². The van der Waals surface area contributed by atoms with E-state index in [0.29, 0.717) is 0 Å². The average molecular weight is 331 g/mol. The van der Waals surface area contributed by atoms with Crippen LogP contribution < -0.4 is 5.32 Å². The van der Waals surface area contributed by atoms with Crippen molar-refractivity contribution in [2.24, 2.45) is 0 Å². The normalized spacial score (nSPS) is 10.3. The van der Waals surface area contributed by atoms with Crippen molar-refractivity contribution in [3.05, 3.63) is 58.0 Å². The number of nitrogens with zero attached hydrogens (tertiary/aromatic N) is 1. The van der Waals surface area contributed by atoms with Crippen LogP contribution in [0.15, 0.2) is 34.9 Å². The standard InChI is InChI=1S/C12H6BrF3N2O/c13-8-4-7(14)5-17-11(8)18-12(19)6-1-2-9(15)10(16)3-6/h1-5H,(H,17,18,19). The van der Waals surface area contributed by atoms with Crippen LogP contribution in [0.2, 0.25) is 0 Å². The van der Waals surface area contributed by atoms with E-state index in [0.717, 1.165) is 30.5 Å². The zero-order chi connectivity index (χ0) is 14.0. The highest BCUT2D eigenvalue weighted by Crippen LogP contribution is 2.21. The Kier molecular flexibility index (Phi) is 3.84. The summed E-state index contributed by atoms with van der Waals surface area (Å²) in [5, 5.41) is 2.35. The van der Waals surface area contributed by atoms with Crippen molar-refractivity contribution in [2.45, 2.75) is 0 Å². The average Bonchev–Trinajstić information content (AvgIpc) is 2.36. The first-order valence-corrected chi connectivity index (χ1v) is 5.84. The van der Waals surface area contributed by atoms with Gasteiger partial charge in [0.1, 0.15) is 11.6 Å². The predicted octanol–water partition coefficient (Wildman–Crippen LogP) is 3.51. The molecule has 0 unspecified atom stereocenters. The van der Waals surface area contributed by atoms with Gasteiger partial charge in [-0.25, -0.2) is 18.2 Å². The number of benzene rings is 1. The van der Waals surface area contributed by atoms with Gasteiger partial charge < -0.3 is 5.32 Å². The van der Waals surface area contributed by atoms with Crippen molar-refractivity contribution < 1.29 is 18.0 Å². The Morgan fingerprint density at radius 3 is 2.53 bits per heavy atom. The van der Waals surface area contributed by atoms with Crippen LogP contribution >= 0.6 is 15.9 Å². The smallest absolute Gasteiger partial charge is 0.256 e. The fourth-order valence-corrected chi connectivity index (χ4v) is 1.74. The van der Waals surface area contributed by atoms with Gasteiger partial charge in [0.15, 0.2) is 11.6 Å². The second kappa shape index (κ2) is 5.40. The molecule has 0 aliphatic rings. The van der Waals surface area contributed by atoms with Crippen LogP contribution in [-0.4, -0.2) is 10.9 Å². The van der Waals surface area contributed by atoms with E-state index in [2.05, 4.69) is 26.2 Å². The van der Waals surface area contributed by atoms with Gasteiger partial charge in [0.05, 0.1) is 10.7 Å². The molecule has 1 aromatic carbocycles. The fourth-order valence-electron chi connectivity index (χ4n) is 1.32. The maximum atomic E-state index is 13.0. The fraction of sp³-hybridized carbons (Fsp3) is 0. The Bertz CT molecular complexity index is 649. The van der Waals surface area contributed by atoms with E-state index in [-0.39, 0.29) is 15.9 Å². The largest absolute Gasteiger partial charge is 0.306 e. The van der Waals surface area contributed by atoms with Gasteiger partial charge >= 0.3 is 0 Å². The molecule has 0 bridgehead atoms. The van der Waals surface area contributed by atoms with Crippen LogP contribution in [0.5, 0.6) is 0 Å². The Morgan fingerprint density at radius 2 is 1.89 bits per heavy atom. The molecule has 0 spiro atoms. The van der Waals surface area contributed by atoms with Crippen LogP contribution in [-0.2, 0) is 0 Å². The van der Waals surface area contributed by atoms with E-state index < -0.39 is 23.4 Å². The third-order valence-electron chi connectivity index (χ3n) is 2.22. The first kappa shape index (κ1) is 13.5. The molecule has 2 rings (SSSR count). The lowest BCUT2D eigenvalue weighted by atomic mass is 10.2. The van der Waals surface area contributed by atoms with Gasteiger partial charge in [0.2, 0.25) is 0 Å². The van der Waals surface area contributed by atoms with E-state index in [1.807, 2.05) is 0 Å². The monoisotopic (exact) mass is 330 g/mol. The molecule has 0 saturated heterocycles. The molecule has 1 amide bonds. The minimum Gasteiger partial charge on any atom is -0.306 e. The first-order chi connectivity index (χ1) is 8.97. The number of amides is 1. The van der Waals surface area contributed by atoms with E-state index in [9.17, 15) is 18.0 Å². The number of halogens is 4. The summed E-state index contributed by atoms with van der Waals surface area (Å²) in [4.78, 5) is 15.4. The van der Waals surface area contributed by atoms with Gasteiger partial charge in [0, 0.05) is 5.56 Å². The lowest BCUT2D eigenvalue weighted by Crippen LogP contribution is -2.14. The van der Waals surface area contributed by atoms with Gasteiger partial charge in [-0.15, -0.1) is 0 Å². The number of hydrogen-bond donors (Lipinski definition) is 1. The van der Waals surface area contributed by atoms with Crippen LogP contribution in [0.25, 0.3) is 0 Å². The van der Waals surface area contributed by atoms with Crippen LogP contribution in [0.4, 0.5) is 19.0 Å². The number of pyridine rings is 1. The Labute approximate surface area is 114 Å². The molecule has 19 heavy (non-hydrogen) atoms. The Morgan fingerprint density at radius 1 is 1.16 bits per heavy atom. The molecule has 1 aromatic heterocycles.